The van der Waals surface area contributed by atoms with Crippen LogP contribution in [0.4, 0.5) is 5.69 Å². The third-order valence-electron chi connectivity index (χ3n) is 1.63. The van der Waals surface area contributed by atoms with Gasteiger partial charge < -0.3 is 5.32 Å². The van der Waals surface area contributed by atoms with Gasteiger partial charge in [0.05, 0.1) is 0 Å². The van der Waals surface area contributed by atoms with Crippen molar-refractivity contribution >= 4 is 37.5 Å². The fourth-order valence-electron chi connectivity index (χ4n) is 0.947. The molecular formula is C10H13Br2N. The average molecular weight is 307 g/mol. The van der Waals surface area contributed by atoms with E-state index >= 15 is 0 Å². The highest BCUT2D eigenvalue weighted by atomic mass is 79.9. The Morgan fingerprint density at radius 3 is 2.62 bits per heavy atom. The molecule has 1 aromatic rings. The molecule has 1 rings (SSSR count). The van der Waals surface area contributed by atoms with Crippen LogP contribution in [0.2, 0.25) is 0 Å². The number of benzene rings is 1. The van der Waals surface area contributed by atoms with E-state index in [1.807, 2.05) is 12.1 Å². The molecule has 0 radical (unpaired) electrons. The third-order valence-corrected chi connectivity index (χ3v) is 2.81. The van der Waals surface area contributed by atoms with Crippen LogP contribution in [0.15, 0.2) is 27.1 Å². The highest BCUT2D eigenvalue weighted by molar-refractivity contribution is 9.11. The molecule has 0 atom stereocenters. The molecule has 1 nitrogen and oxygen atoms in total. The molecule has 0 heterocycles. The van der Waals surface area contributed by atoms with Crippen LogP contribution < -0.4 is 5.32 Å². The predicted octanol–water partition coefficient (Wildman–Crippen LogP) is 4.28. The van der Waals surface area contributed by atoms with Crippen LogP contribution >= 0.6 is 31.9 Å². The Labute approximate surface area is 96.2 Å². The number of halogens is 2. The molecule has 0 spiro atoms. The lowest BCUT2D eigenvalue weighted by molar-refractivity contribution is 0.688. The van der Waals surface area contributed by atoms with Crippen LogP contribution in [0.5, 0.6) is 0 Å². The van der Waals surface area contributed by atoms with Crippen molar-refractivity contribution in [3.63, 3.8) is 0 Å². The molecule has 0 unspecified atom stereocenters. The second kappa shape index (κ2) is 5.01. The van der Waals surface area contributed by atoms with Crippen molar-refractivity contribution in [2.45, 2.75) is 13.8 Å². The molecule has 0 bridgehead atoms. The Kier molecular flexibility index (Phi) is 4.26. The Morgan fingerprint density at radius 2 is 2.00 bits per heavy atom. The maximum Gasteiger partial charge on any atom is 0.0496 e. The number of rotatable bonds is 3. The van der Waals surface area contributed by atoms with Gasteiger partial charge in [0.25, 0.3) is 0 Å². The molecule has 1 N–H and O–H groups in total. The summed E-state index contributed by atoms with van der Waals surface area (Å²) in [6.45, 7) is 5.38. The van der Waals surface area contributed by atoms with Crippen LogP contribution in [0.1, 0.15) is 13.8 Å². The molecule has 0 saturated carbocycles. The molecule has 0 saturated heterocycles. The van der Waals surface area contributed by atoms with Crippen molar-refractivity contribution < 1.29 is 0 Å². The van der Waals surface area contributed by atoms with Gasteiger partial charge in [-0.25, -0.2) is 0 Å². The first-order valence-electron chi connectivity index (χ1n) is 4.28. The van der Waals surface area contributed by atoms with Crippen molar-refractivity contribution in [3.05, 3.63) is 27.1 Å². The smallest absolute Gasteiger partial charge is 0.0496 e. The first kappa shape index (κ1) is 11.1. The highest BCUT2D eigenvalue weighted by Crippen LogP contribution is 2.26. The Balaban J connectivity index is 2.70. The zero-order valence-electron chi connectivity index (χ0n) is 7.77. The quantitative estimate of drug-likeness (QED) is 0.879. The van der Waals surface area contributed by atoms with Crippen molar-refractivity contribution in [1.29, 1.82) is 0 Å². The second-order valence-electron chi connectivity index (χ2n) is 3.40. The zero-order chi connectivity index (χ0) is 9.84. The summed E-state index contributed by atoms with van der Waals surface area (Å²) in [6, 6.07) is 6.13. The van der Waals surface area contributed by atoms with Crippen LogP contribution in [0, 0.1) is 5.92 Å². The summed E-state index contributed by atoms with van der Waals surface area (Å²) < 4.78 is 2.21. The van der Waals surface area contributed by atoms with Crippen LogP contribution in [0.25, 0.3) is 0 Å². The first-order valence-corrected chi connectivity index (χ1v) is 5.87. The van der Waals surface area contributed by atoms with E-state index < -0.39 is 0 Å². The van der Waals surface area contributed by atoms with E-state index in [1.54, 1.807) is 0 Å². The zero-order valence-corrected chi connectivity index (χ0v) is 10.9. The number of anilines is 1. The number of hydrogen-bond donors (Lipinski definition) is 1. The summed E-state index contributed by atoms with van der Waals surface area (Å²) >= 11 is 6.94. The van der Waals surface area contributed by atoms with Gasteiger partial charge in [-0.1, -0.05) is 29.8 Å². The van der Waals surface area contributed by atoms with Crippen LogP contribution in [-0.2, 0) is 0 Å². The van der Waals surface area contributed by atoms with E-state index in [2.05, 4.69) is 57.1 Å². The molecule has 13 heavy (non-hydrogen) atoms. The molecule has 3 heteroatoms. The van der Waals surface area contributed by atoms with E-state index in [4.69, 9.17) is 0 Å². The van der Waals surface area contributed by atoms with Gasteiger partial charge in [-0.2, -0.15) is 0 Å². The Bertz CT molecular complexity index is 284. The second-order valence-corrected chi connectivity index (χ2v) is 5.17. The number of hydrogen-bond acceptors (Lipinski definition) is 1. The van der Waals surface area contributed by atoms with Crippen molar-refractivity contribution in [2.24, 2.45) is 5.92 Å². The minimum absolute atomic E-state index is 0.658. The summed E-state index contributed by atoms with van der Waals surface area (Å²) in [7, 11) is 0. The largest absolute Gasteiger partial charge is 0.384 e. The van der Waals surface area contributed by atoms with Crippen LogP contribution in [0.3, 0.4) is 0 Å². The molecule has 0 fully saturated rings. The molecule has 72 valence electrons. The fourth-order valence-corrected chi connectivity index (χ4v) is 1.69. The maximum atomic E-state index is 3.50. The van der Waals surface area contributed by atoms with E-state index in [0.717, 1.165) is 21.2 Å². The lowest BCUT2D eigenvalue weighted by Crippen LogP contribution is -2.08. The van der Waals surface area contributed by atoms with Gasteiger partial charge in [-0.3, -0.25) is 0 Å². The molecule has 0 aliphatic heterocycles. The summed E-state index contributed by atoms with van der Waals surface area (Å²) in [4.78, 5) is 0. The minimum atomic E-state index is 0.658. The van der Waals surface area contributed by atoms with E-state index in [-0.39, 0.29) is 0 Å². The fraction of sp³-hybridized carbons (Fsp3) is 0.400. The number of nitrogens with one attached hydrogen (secondary N) is 1. The van der Waals surface area contributed by atoms with Crippen LogP contribution in [-0.4, -0.2) is 6.54 Å². The molecule has 1 aromatic carbocycles. The lowest BCUT2D eigenvalue weighted by Gasteiger charge is -2.10. The SMILES string of the molecule is CC(C)CNc1cc(Br)ccc1Br. The predicted molar refractivity (Wildman–Crippen MR) is 65.2 cm³/mol. The van der Waals surface area contributed by atoms with E-state index in [9.17, 15) is 0 Å². The summed E-state index contributed by atoms with van der Waals surface area (Å²) in [5, 5.41) is 3.38. The Morgan fingerprint density at radius 1 is 1.31 bits per heavy atom. The highest BCUT2D eigenvalue weighted by Gasteiger charge is 2.00. The maximum absolute atomic E-state index is 3.50. The molecule has 0 aliphatic carbocycles. The summed E-state index contributed by atoms with van der Waals surface area (Å²) in [5.41, 5.74) is 1.14. The average Bonchev–Trinajstić information content (AvgIpc) is 2.06. The molecule has 0 aromatic heterocycles. The van der Waals surface area contributed by atoms with Gasteiger partial charge in [-0.05, 0) is 40.0 Å². The minimum Gasteiger partial charge on any atom is -0.384 e. The van der Waals surface area contributed by atoms with Gasteiger partial charge in [0.15, 0.2) is 0 Å². The van der Waals surface area contributed by atoms with Crippen molar-refractivity contribution in [2.75, 3.05) is 11.9 Å². The molecule has 0 aliphatic rings. The van der Waals surface area contributed by atoms with Crippen molar-refractivity contribution in [1.82, 2.24) is 0 Å². The van der Waals surface area contributed by atoms with Gasteiger partial charge in [-0.15, -0.1) is 0 Å². The monoisotopic (exact) mass is 305 g/mol. The standard InChI is InChI=1S/C10H13Br2N/c1-7(2)6-13-10-5-8(11)3-4-9(10)12/h3-5,7,13H,6H2,1-2H3. The molecule has 0 amide bonds. The Hall–Kier alpha value is -0.0200. The van der Waals surface area contributed by atoms with E-state index in [0.29, 0.717) is 5.92 Å². The summed E-state index contributed by atoms with van der Waals surface area (Å²) in [5.74, 6) is 0.658. The summed E-state index contributed by atoms with van der Waals surface area (Å²) in [6.07, 6.45) is 0. The van der Waals surface area contributed by atoms with E-state index in [1.165, 1.54) is 0 Å². The van der Waals surface area contributed by atoms with Gasteiger partial charge in [0.1, 0.15) is 0 Å². The van der Waals surface area contributed by atoms with Gasteiger partial charge >= 0.3 is 0 Å². The van der Waals surface area contributed by atoms with Gasteiger partial charge in [0, 0.05) is 21.2 Å². The van der Waals surface area contributed by atoms with Crippen molar-refractivity contribution in [3.8, 4) is 0 Å². The first-order chi connectivity index (χ1) is 6.09. The topological polar surface area (TPSA) is 12.0 Å². The molecular weight excluding hydrogens is 294 g/mol. The van der Waals surface area contributed by atoms with Gasteiger partial charge in [0.2, 0.25) is 0 Å². The normalized spacial score (nSPS) is 10.5. The lowest BCUT2D eigenvalue weighted by atomic mass is 10.2. The third kappa shape index (κ3) is 3.69.